The van der Waals surface area contributed by atoms with E-state index in [9.17, 15) is 21.6 Å². The van der Waals surface area contributed by atoms with Crippen LogP contribution in [0, 0.1) is 11.8 Å². The molecule has 0 unspecified atom stereocenters. The minimum atomic E-state index is -3.31. The molecule has 0 aromatic heterocycles. The number of piperidine rings is 2. The second kappa shape index (κ2) is 12.9. The summed E-state index contributed by atoms with van der Waals surface area (Å²) < 4.78 is 63.4. The van der Waals surface area contributed by atoms with Gasteiger partial charge in [0.05, 0.1) is 17.6 Å². The summed E-state index contributed by atoms with van der Waals surface area (Å²) in [5.74, 6) is 1.63. The third-order valence-electron chi connectivity index (χ3n) is 7.55. The van der Waals surface area contributed by atoms with Gasteiger partial charge in [0.1, 0.15) is 13.2 Å². The molecule has 1 amide bonds. The van der Waals surface area contributed by atoms with Crippen molar-refractivity contribution in [2.24, 2.45) is 11.8 Å². The summed E-state index contributed by atoms with van der Waals surface area (Å²) in [6, 6.07) is 5.34. The van der Waals surface area contributed by atoms with E-state index >= 15 is 0 Å². The smallest absolute Gasteiger partial charge is 0.255 e. The number of carbonyl (C=O) groups is 1. The summed E-state index contributed by atoms with van der Waals surface area (Å²) in [7, 11) is -6.54. The number of sulfonamides is 2. The molecule has 214 valence electrons. The second-order valence-electron chi connectivity index (χ2n) is 10.5. The Morgan fingerprint density at radius 3 is 2.32 bits per heavy atom. The minimum absolute atomic E-state index is 0.127. The summed E-state index contributed by atoms with van der Waals surface area (Å²) in [5.41, 5.74) is 0.496. The van der Waals surface area contributed by atoms with Gasteiger partial charge in [-0.15, -0.1) is 0 Å². The number of rotatable bonds is 11. The van der Waals surface area contributed by atoms with Crippen LogP contribution in [0.4, 0.5) is 0 Å². The Bertz CT molecular complexity index is 1160. The molecule has 1 aromatic carbocycles. The maximum Gasteiger partial charge on any atom is 0.255 e. The molecule has 0 bridgehead atoms. The summed E-state index contributed by atoms with van der Waals surface area (Å²) in [6.07, 6.45) is 4.96. The Kier molecular flexibility index (Phi) is 9.90. The maximum absolute atomic E-state index is 12.8. The average Bonchev–Trinajstić information content (AvgIpc) is 2.91. The Hall–Kier alpha value is -1.93. The lowest BCUT2D eigenvalue weighted by molar-refractivity contribution is 0.0925. The van der Waals surface area contributed by atoms with Crippen LogP contribution in [-0.4, -0.2) is 103 Å². The minimum Gasteiger partial charge on any atom is -0.486 e. The van der Waals surface area contributed by atoms with Gasteiger partial charge in [0.25, 0.3) is 5.91 Å². The lowest BCUT2D eigenvalue weighted by Gasteiger charge is -2.33. The molecule has 2 N–H and O–H groups in total. The fourth-order valence-corrected chi connectivity index (χ4v) is 7.32. The van der Waals surface area contributed by atoms with E-state index in [-0.39, 0.29) is 17.6 Å². The predicted octanol–water partition coefficient (Wildman–Crippen LogP) is 0.881. The molecule has 3 heterocycles. The molecule has 0 atom stereocenters. The molecule has 38 heavy (non-hydrogen) atoms. The second-order valence-corrected chi connectivity index (χ2v) is 14.4. The quantitative estimate of drug-likeness (QED) is 0.399. The van der Waals surface area contributed by atoms with E-state index < -0.39 is 20.0 Å². The third-order valence-corrected chi connectivity index (χ3v) is 10.2. The van der Waals surface area contributed by atoms with Crippen molar-refractivity contribution in [2.45, 2.75) is 32.1 Å². The number of ether oxygens (including phenoxy) is 2. The molecule has 0 spiro atoms. The van der Waals surface area contributed by atoms with Gasteiger partial charge in [-0.3, -0.25) is 4.79 Å². The number of nitrogens with zero attached hydrogens (tertiary/aromatic N) is 2. The van der Waals surface area contributed by atoms with Crippen LogP contribution in [0.15, 0.2) is 18.2 Å². The van der Waals surface area contributed by atoms with Crippen molar-refractivity contribution < 1.29 is 31.1 Å². The molecule has 0 aliphatic carbocycles. The van der Waals surface area contributed by atoms with E-state index in [2.05, 4.69) is 14.9 Å². The van der Waals surface area contributed by atoms with Crippen LogP contribution in [0.3, 0.4) is 0 Å². The van der Waals surface area contributed by atoms with E-state index in [4.69, 9.17) is 9.47 Å². The lowest BCUT2D eigenvalue weighted by Crippen LogP contribution is -2.43. The molecule has 11 nitrogen and oxygen atoms in total. The van der Waals surface area contributed by atoms with Crippen molar-refractivity contribution >= 4 is 26.0 Å². The van der Waals surface area contributed by atoms with Crippen molar-refractivity contribution in [3.8, 4) is 11.5 Å². The van der Waals surface area contributed by atoms with Crippen LogP contribution >= 0.6 is 0 Å². The van der Waals surface area contributed by atoms with Gasteiger partial charge in [0.15, 0.2) is 11.5 Å². The number of carbonyl (C=O) groups excluding carboxylic acids is 1. The first-order chi connectivity index (χ1) is 18.1. The number of para-hydroxylation sites is 1. The highest BCUT2D eigenvalue weighted by Gasteiger charge is 2.29. The summed E-state index contributed by atoms with van der Waals surface area (Å²) in [6.45, 7) is 5.27. The molecule has 2 saturated heterocycles. The summed E-state index contributed by atoms with van der Waals surface area (Å²) in [5, 5.41) is 3.04. The zero-order valence-corrected chi connectivity index (χ0v) is 23.7. The molecule has 1 aromatic rings. The largest absolute Gasteiger partial charge is 0.486 e. The highest BCUT2D eigenvalue weighted by atomic mass is 32.2. The number of hydrogen-bond donors (Lipinski definition) is 2. The van der Waals surface area contributed by atoms with Crippen LogP contribution in [0.5, 0.6) is 11.5 Å². The SMILES string of the molecule is CS(=O)(=O)NCC1CCN(S(=O)(=O)CCCN2CCC(CNC(=O)c3cccc4c3OCCO4)CC2)CC1. The van der Waals surface area contributed by atoms with Gasteiger partial charge in [0.2, 0.25) is 20.0 Å². The fourth-order valence-electron chi connectivity index (χ4n) is 5.26. The van der Waals surface area contributed by atoms with Gasteiger partial charge in [-0.05, 0) is 75.7 Å². The van der Waals surface area contributed by atoms with Crippen molar-refractivity contribution in [3.05, 3.63) is 23.8 Å². The van der Waals surface area contributed by atoms with Gasteiger partial charge >= 0.3 is 0 Å². The molecule has 3 aliphatic rings. The molecule has 0 radical (unpaired) electrons. The fraction of sp³-hybridized carbons (Fsp3) is 0.720. The normalized spacial score (nSPS) is 20.3. The van der Waals surface area contributed by atoms with Gasteiger partial charge in [0, 0.05) is 26.2 Å². The number of amides is 1. The number of hydrogen-bond acceptors (Lipinski definition) is 8. The van der Waals surface area contributed by atoms with Crippen molar-refractivity contribution in [3.63, 3.8) is 0 Å². The highest BCUT2D eigenvalue weighted by Crippen LogP contribution is 2.33. The maximum atomic E-state index is 12.8. The van der Waals surface area contributed by atoms with E-state index in [1.54, 1.807) is 22.5 Å². The number of nitrogens with one attached hydrogen (secondary N) is 2. The zero-order valence-electron chi connectivity index (χ0n) is 22.1. The number of likely N-dealkylation sites (tertiary alicyclic amines) is 1. The average molecular weight is 573 g/mol. The van der Waals surface area contributed by atoms with E-state index in [0.717, 1.165) is 38.7 Å². The van der Waals surface area contributed by atoms with Crippen LogP contribution in [0.2, 0.25) is 0 Å². The van der Waals surface area contributed by atoms with E-state index in [1.807, 2.05) is 0 Å². The van der Waals surface area contributed by atoms with Gasteiger partial charge in [-0.2, -0.15) is 0 Å². The van der Waals surface area contributed by atoms with E-state index in [0.29, 0.717) is 81.6 Å². The lowest BCUT2D eigenvalue weighted by atomic mass is 9.96. The first-order valence-corrected chi connectivity index (χ1v) is 16.9. The van der Waals surface area contributed by atoms with Crippen molar-refractivity contribution in [2.75, 3.05) is 71.0 Å². The molecular weight excluding hydrogens is 532 g/mol. The Morgan fingerprint density at radius 1 is 0.947 bits per heavy atom. The van der Waals surface area contributed by atoms with Gasteiger partial charge in [-0.25, -0.2) is 25.9 Å². The van der Waals surface area contributed by atoms with Gasteiger partial charge in [-0.1, -0.05) is 6.07 Å². The highest BCUT2D eigenvalue weighted by molar-refractivity contribution is 7.89. The van der Waals surface area contributed by atoms with Crippen LogP contribution in [-0.2, 0) is 20.0 Å². The summed E-state index contributed by atoms with van der Waals surface area (Å²) >= 11 is 0. The molecule has 3 aliphatic heterocycles. The zero-order chi connectivity index (χ0) is 27.2. The molecular formula is C25H40N4O7S2. The van der Waals surface area contributed by atoms with Gasteiger partial charge < -0.3 is 19.7 Å². The van der Waals surface area contributed by atoms with Crippen LogP contribution in [0.25, 0.3) is 0 Å². The third kappa shape index (κ3) is 8.28. The topological polar surface area (TPSA) is 134 Å². The standard InChI is InChI=1S/C25H40N4O7S2/c1-37(31,32)27-19-21-8-13-29(14-9-21)38(33,34)17-3-10-28-11-6-20(7-12-28)18-26-25(30)22-4-2-5-23-24(22)36-16-15-35-23/h2,4-5,20-21,27H,3,6-19H2,1H3,(H,26,30). The first kappa shape index (κ1) is 29.1. The van der Waals surface area contributed by atoms with Crippen LogP contribution in [0.1, 0.15) is 42.5 Å². The van der Waals surface area contributed by atoms with Crippen molar-refractivity contribution in [1.29, 1.82) is 0 Å². The van der Waals surface area contributed by atoms with E-state index in [1.165, 1.54) is 0 Å². The molecule has 13 heteroatoms. The Balaban J connectivity index is 1.12. The molecule has 0 saturated carbocycles. The number of fused-ring (bicyclic) bond motifs is 1. The van der Waals surface area contributed by atoms with Crippen LogP contribution < -0.4 is 19.5 Å². The first-order valence-electron chi connectivity index (χ1n) is 13.4. The monoisotopic (exact) mass is 572 g/mol. The number of benzene rings is 1. The van der Waals surface area contributed by atoms with Crippen molar-refractivity contribution in [1.82, 2.24) is 19.2 Å². The molecule has 2 fully saturated rings. The molecule has 4 rings (SSSR count). The predicted molar refractivity (Wildman–Crippen MR) is 144 cm³/mol. The summed E-state index contributed by atoms with van der Waals surface area (Å²) in [4.78, 5) is 15.0. The Labute approximate surface area is 226 Å². The Morgan fingerprint density at radius 2 is 1.61 bits per heavy atom.